The molecule has 5 nitrogen and oxygen atoms in total. The second-order valence-electron chi connectivity index (χ2n) is 12.4. The number of nitrogens with one attached hydrogen (secondary N) is 1. The van der Waals surface area contributed by atoms with Crippen LogP contribution in [0.25, 0.3) is 64.5 Å². The third-order valence-electron chi connectivity index (χ3n) is 9.42. The second-order valence-corrected chi connectivity index (χ2v) is 13.5. The Balaban J connectivity index is 1.21. The number of benzene rings is 6. The van der Waals surface area contributed by atoms with Gasteiger partial charge in [0.2, 0.25) is 5.71 Å². The van der Waals surface area contributed by atoms with Gasteiger partial charge in [0.05, 0.1) is 0 Å². The lowest BCUT2D eigenvalue weighted by molar-refractivity contribution is 0.654. The van der Waals surface area contributed by atoms with Crippen LogP contribution in [-0.4, -0.2) is 16.7 Å². The first-order valence-corrected chi connectivity index (χ1v) is 17.4. The number of fused-ring (bicyclic) bond motifs is 6. The summed E-state index contributed by atoms with van der Waals surface area (Å²) in [5.74, 6) is 1.50. The lowest BCUT2D eigenvalue weighted by atomic mass is 9.92. The van der Waals surface area contributed by atoms with Crippen LogP contribution in [0.3, 0.4) is 0 Å². The van der Waals surface area contributed by atoms with Gasteiger partial charge in [-0.15, -0.1) is 11.3 Å². The van der Waals surface area contributed by atoms with Gasteiger partial charge < -0.3 is 9.73 Å². The molecule has 1 aliphatic heterocycles. The van der Waals surface area contributed by atoms with Gasteiger partial charge in [-0.2, -0.15) is 0 Å². The van der Waals surface area contributed by atoms with Crippen molar-refractivity contribution in [2.75, 3.05) is 0 Å². The molecular weight excluding hydrogens is 633 g/mol. The first-order valence-electron chi connectivity index (χ1n) is 16.6. The summed E-state index contributed by atoms with van der Waals surface area (Å²) in [6.45, 7) is 0. The molecular formula is C44H28N4OS. The Bertz CT molecular complexity index is 2800. The third-order valence-corrected chi connectivity index (χ3v) is 10.6. The standard InChI is InChI=1S/C44H28N4OS/c1-3-11-27(12-4-1)29-15-9-16-30(25-29)32-22-23-36-39(35-18-10-24-45-44(35)49-36)40(32)43-47-41(28-13-5-2-6-14-28)46-42(48-43)31-20-21-34-33-17-7-8-19-37(33)50-38(34)26-31/h1-26,42H,(H,46,47,48). The number of amidine groups is 2. The molecule has 0 saturated carbocycles. The van der Waals surface area contributed by atoms with Crippen molar-refractivity contribution in [1.82, 2.24) is 10.3 Å². The molecule has 0 amide bonds. The zero-order chi connectivity index (χ0) is 33.0. The van der Waals surface area contributed by atoms with Crippen LogP contribution in [0.15, 0.2) is 172 Å². The van der Waals surface area contributed by atoms with Crippen LogP contribution in [-0.2, 0) is 0 Å². The fourth-order valence-corrected chi connectivity index (χ4v) is 8.21. The van der Waals surface area contributed by atoms with Gasteiger partial charge in [0.25, 0.3) is 0 Å². The number of pyridine rings is 1. The van der Waals surface area contributed by atoms with Gasteiger partial charge >= 0.3 is 0 Å². The molecule has 1 unspecified atom stereocenters. The summed E-state index contributed by atoms with van der Waals surface area (Å²) in [6, 6.07) is 52.9. The maximum Gasteiger partial charge on any atom is 0.227 e. The topological polar surface area (TPSA) is 62.8 Å². The molecule has 236 valence electrons. The highest BCUT2D eigenvalue weighted by Crippen LogP contribution is 2.40. The molecule has 0 radical (unpaired) electrons. The summed E-state index contributed by atoms with van der Waals surface area (Å²) < 4.78 is 8.85. The Morgan fingerprint density at radius 1 is 0.540 bits per heavy atom. The van der Waals surface area contributed by atoms with Crippen LogP contribution >= 0.6 is 11.3 Å². The maximum atomic E-state index is 6.35. The predicted molar refractivity (Wildman–Crippen MR) is 207 cm³/mol. The average Bonchev–Trinajstić information content (AvgIpc) is 3.76. The van der Waals surface area contributed by atoms with E-state index in [0.29, 0.717) is 5.71 Å². The van der Waals surface area contributed by atoms with Gasteiger partial charge in [-0.1, -0.05) is 109 Å². The van der Waals surface area contributed by atoms with Crippen molar-refractivity contribution >= 4 is 65.2 Å². The zero-order valence-corrected chi connectivity index (χ0v) is 27.6. The summed E-state index contributed by atoms with van der Waals surface area (Å²) in [4.78, 5) is 15.2. The van der Waals surface area contributed by atoms with E-state index >= 15 is 0 Å². The van der Waals surface area contributed by atoms with Crippen LogP contribution < -0.4 is 5.32 Å². The Hall–Kier alpha value is -6.37. The summed E-state index contributed by atoms with van der Waals surface area (Å²) in [5, 5.41) is 8.12. The third kappa shape index (κ3) is 4.80. The molecule has 4 heterocycles. The van der Waals surface area contributed by atoms with E-state index in [9.17, 15) is 0 Å². The highest BCUT2D eigenvalue weighted by atomic mass is 32.1. The summed E-state index contributed by atoms with van der Waals surface area (Å²) in [6.07, 6.45) is 1.30. The molecule has 0 aliphatic carbocycles. The Kier molecular flexibility index (Phi) is 6.67. The van der Waals surface area contributed by atoms with Crippen molar-refractivity contribution in [1.29, 1.82) is 0 Å². The summed E-state index contributed by atoms with van der Waals surface area (Å²) >= 11 is 1.81. The molecule has 0 bridgehead atoms. The molecule has 0 spiro atoms. The normalized spacial score (nSPS) is 14.6. The highest BCUT2D eigenvalue weighted by molar-refractivity contribution is 7.25. The molecule has 6 aromatic carbocycles. The van der Waals surface area contributed by atoms with E-state index in [1.807, 2.05) is 36.4 Å². The second kappa shape index (κ2) is 11.7. The smallest absolute Gasteiger partial charge is 0.227 e. The molecule has 1 atom stereocenters. The number of nitrogens with zero attached hydrogens (tertiary/aromatic N) is 3. The molecule has 3 aromatic heterocycles. The Labute approximate surface area is 291 Å². The number of hydrogen-bond donors (Lipinski definition) is 1. The number of rotatable bonds is 5. The fourth-order valence-electron chi connectivity index (χ4n) is 7.06. The van der Waals surface area contributed by atoms with Crippen LogP contribution in [0.5, 0.6) is 0 Å². The Morgan fingerprint density at radius 2 is 1.26 bits per heavy atom. The number of aromatic nitrogens is 1. The van der Waals surface area contributed by atoms with Crippen molar-refractivity contribution in [2.24, 2.45) is 9.98 Å². The average molecular weight is 661 g/mol. The van der Waals surface area contributed by atoms with Gasteiger partial charge in [0.1, 0.15) is 17.3 Å². The van der Waals surface area contributed by atoms with E-state index in [1.54, 1.807) is 17.5 Å². The van der Waals surface area contributed by atoms with Crippen molar-refractivity contribution in [2.45, 2.75) is 6.17 Å². The predicted octanol–water partition coefficient (Wildman–Crippen LogP) is 11.2. The molecule has 9 aromatic rings. The van der Waals surface area contributed by atoms with Gasteiger partial charge in [0.15, 0.2) is 6.17 Å². The van der Waals surface area contributed by atoms with Crippen molar-refractivity contribution in [3.63, 3.8) is 0 Å². The first-order chi connectivity index (χ1) is 24.8. The van der Waals surface area contributed by atoms with Crippen LogP contribution in [0, 0.1) is 0 Å². The van der Waals surface area contributed by atoms with Crippen LogP contribution in [0.2, 0.25) is 0 Å². The SMILES string of the molecule is c1ccc(C2=NC(c3ccc4c(c3)sc3ccccc34)N=C(c3c(-c4cccc(-c5ccccc5)c4)ccc4oc5ncccc5c34)N2)cc1. The Morgan fingerprint density at radius 3 is 2.14 bits per heavy atom. The fraction of sp³-hybridized carbons (Fsp3) is 0.0227. The lowest BCUT2D eigenvalue weighted by Gasteiger charge is -2.24. The lowest BCUT2D eigenvalue weighted by Crippen LogP contribution is -2.36. The first kappa shape index (κ1) is 28.6. The number of hydrogen-bond acceptors (Lipinski definition) is 6. The highest BCUT2D eigenvalue weighted by Gasteiger charge is 2.27. The van der Waals surface area contributed by atoms with Crippen molar-refractivity contribution in [3.8, 4) is 22.3 Å². The van der Waals surface area contributed by atoms with Crippen molar-refractivity contribution in [3.05, 3.63) is 175 Å². The van der Waals surface area contributed by atoms with Gasteiger partial charge in [-0.3, -0.25) is 0 Å². The van der Waals surface area contributed by atoms with Crippen molar-refractivity contribution < 1.29 is 4.42 Å². The van der Waals surface area contributed by atoms with E-state index in [0.717, 1.165) is 61.4 Å². The minimum Gasteiger partial charge on any atom is -0.438 e. The molecule has 10 rings (SSSR count). The minimum absolute atomic E-state index is 0.467. The van der Waals surface area contributed by atoms with E-state index in [1.165, 1.54) is 25.7 Å². The number of aliphatic imine (C=N–C) groups is 2. The largest absolute Gasteiger partial charge is 0.438 e. The van der Waals surface area contributed by atoms with Gasteiger partial charge in [-0.05, 0) is 70.3 Å². The molecule has 6 heteroatoms. The quantitative estimate of drug-likeness (QED) is 0.200. The minimum atomic E-state index is -0.467. The van der Waals surface area contributed by atoms with Crippen LogP contribution in [0.4, 0.5) is 0 Å². The van der Waals surface area contributed by atoms with E-state index < -0.39 is 6.17 Å². The molecule has 1 N–H and O–H groups in total. The number of thiophene rings is 1. The monoisotopic (exact) mass is 660 g/mol. The van der Waals surface area contributed by atoms with Crippen LogP contribution in [0.1, 0.15) is 22.9 Å². The van der Waals surface area contributed by atoms with E-state index in [2.05, 4.69) is 126 Å². The van der Waals surface area contributed by atoms with Gasteiger partial charge in [-0.25, -0.2) is 15.0 Å². The molecule has 50 heavy (non-hydrogen) atoms. The molecule has 0 saturated heterocycles. The van der Waals surface area contributed by atoms with Gasteiger partial charge in [0, 0.05) is 48.3 Å². The molecule has 0 fully saturated rings. The zero-order valence-electron chi connectivity index (χ0n) is 26.7. The summed E-state index contributed by atoms with van der Waals surface area (Å²) in [5.41, 5.74) is 8.77. The molecule has 1 aliphatic rings. The number of furan rings is 1. The maximum absolute atomic E-state index is 6.35. The summed E-state index contributed by atoms with van der Waals surface area (Å²) in [7, 11) is 0. The van der Waals surface area contributed by atoms with E-state index in [4.69, 9.17) is 14.4 Å². The van der Waals surface area contributed by atoms with E-state index in [-0.39, 0.29) is 0 Å².